The van der Waals surface area contributed by atoms with Crippen molar-refractivity contribution in [1.29, 1.82) is 0 Å². The van der Waals surface area contributed by atoms with Gasteiger partial charge in [-0.05, 0) is 105 Å². The first-order valence-corrected chi connectivity index (χ1v) is 19.3. The standard InChI is InChI=1S/C54H36N2/c1-3-14-37(15-4-1)39-18-11-19-40(32-39)42-21-13-23-46(34-42)56-51-26-9-7-24-47(51)49-30-28-44(36-54(49)56)43-29-31-53-50(35-43)48-25-8-10-27-52(48)55(53)45-22-12-20-41(33-45)38-16-5-2-6-17-38/h1-36H. The van der Waals surface area contributed by atoms with E-state index in [0.29, 0.717) is 0 Å². The minimum atomic E-state index is 1.15. The molecule has 0 spiro atoms. The molecule has 56 heavy (non-hydrogen) atoms. The van der Waals surface area contributed by atoms with Gasteiger partial charge in [0.05, 0.1) is 22.1 Å². The van der Waals surface area contributed by atoms with Crippen LogP contribution in [0.1, 0.15) is 0 Å². The quantitative estimate of drug-likeness (QED) is 0.162. The fourth-order valence-electron chi connectivity index (χ4n) is 8.65. The average molecular weight is 713 g/mol. The lowest BCUT2D eigenvalue weighted by molar-refractivity contribution is 1.18. The van der Waals surface area contributed by atoms with Crippen molar-refractivity contribution in [3.05, 3.63) is 218 Å². The molecular weight excluding hydrogens is 677 g/mol. The number of aromatic nitrogens is 2. The Kier molecular flexibility index (Phi) is 7.53. The minimum absolute atomic E-state index is 1.15. The van der Waals surface area contributed by atoms with Crippen LogP contribution in [-0.2, 0) is 0 Å². The Hall–Kier alpha value is -7.42. The maximum Gasteiger partial charge on any atom is 0.0547 e. The van der Waals surface area contributed by atoms with Crippen LogP contribution >= 0.6 is 0 Å². The zero-order valence-electron chi connectivity index (χ0n) is 30.7. The zero-order valence-corrected chi connectivity index (χ0v) is 30.7. The van der Waals surface area contributed by atoms with E-state index >= 15 is 0 Å². The van der Waals surface area contributed by atoms with Crippen molar-refractivity contribution in [2.75, 3.05) is 0 Å². The SMILES string of the molecule is c1ccc(-c2cccc(-c3cccc(-n4c5ccccc5c5ccc(-c6ccc7c(c6)c6ccccc6n7-c6cccc(-c7ccccc7)c6)cc54)c3)c2)cc1. The third-order valence-electron chi connectivity index (χ3n) is 11.3. The summed E-state index contributed by atoms with van der Waals surface area (Å²) < 4.78 is 4.84. The van der Waals surface area contributed by atoms with Gasteiger partial charge in [-0.1, -0.05) is 158 Å². The lowest BCUT2D eigenvalue weighted by atomic mass is 9.99. The number of benzene rings is 9. The summed E-state index contributed by atoms with van der Waals surface area (Å²) >= 11 is 0. The van der Waals surface area contributed by atoms with Gasteiger partial charge in [0, 0.05) is 32.9 Å². The van der Waals surface area contributed by atoms with Gasteiger partial charge in [-0.3, -0.25) is 0 Å². The smallest absolute Gasteiger partial charge is 0.0547 e. The van der Waals surface area contributed by atoms with Crippen molar-refractivity contribution >= 4 is 43.6 Å². The molecule has 0 aliphatic heterocycles. The largest absolute Gasteiger partial charge is 0.309 e. The summed E-state index contributed by atoms with van der Waals surface area (Å²) in [4.78, 5) is 0. The first-order valence-electron chi connectivity index (χ1n) is 19.3. The normalized spacial score (nSPS) is 11.6. The second-order valence-corrected chi connectivity index (χ2v) is 14.6. The van der Waals surface area contributed by atoms with Crippen molar-refractivity contribution in [1.82, 2.24) is 9.13 Å². The zero-order chi connectivity index (χ0) is 37.0. The molecule has 262 valence electrons. The first kappa shape index (κ1) is 32.0. The van der Waals surface area contributed by atoms with Crippen LogP contribution in [-0.4, -0.2) is 9.13 Å². The van der Waals surface area contributed by atoms with Crippen molar-refractivity contribution in [2.45, 2.75) is 0 Å². The maximum absolute atomic E-state index is 2.43. The average Bonchev–Trinajstić information content (AvgIpc) is 3.79. The van der Waals surface area contributed by atoms with Crippen LogP contribution in [0.3, 0.4) is 0 Å². The fourth-order valence-corrected chi connectivity index (χ4v) is 8.65. The molecule has 11 rings (SSSR count). The number of para-hydroxylation sites is 2. The van der Waals surface area contributed by atoms with Crippen LogP contribution in [0.25, 0.3) is 99.5 Å². The summed E-state index contributed by atoms with van der Waals surface area (Å²) in [6.07, 6.45) is 0. The van der Waals surface area contributed by atoms with Crippen LogP contribution in [0.2, 0.25) is 0 Å². The Labute approximate surface area is 325 Å². The highest BCUT2D eigenvalue weighted by Gasteiger charge is 2.17. The van der Waals surface area contributed by atoms with Crippen LogP contribution in [0.4, 0.5) is 0 Å². The second kappa shape index (κ2) is 13.2. The van der Waals surface area contributed by atoms with Gasteiger partial charge in [0.1, 0.15) is 0 Å². The summed E-state index contributed by atoms with van der Waals surface area (Å²) in [5.41, 5.74) is 16.8. The molecule has 0 radical (unpaired) electrons. The Morgan fingerprint density at radius 2 is 0.589 bits per heavy atom. The third-order valence-corrected chi connectivity index (χ3v) is 11.3. The van der Waals surface area contributed by atoms with E-state index in [1.807, 2.05) is 0 Å². The molecule has 0 unspecified atom stereocenters. The van der Waals surface area contributed by atoms with Gasteiger partial charge in [0.2, 0.25) is 0 Å². The molecule has 0 aliphatic rings. The van der Waals surface area contributed by atoms with Gasteiger partial charge < -0.3 is 9.13 Å². The molecule has 0 amide bonds. The summed E-state index contributed by atoms with van der Waals surface area (Å²) in [5.74, 6) is 0. The maximum atomic E-state index is 2.43. The van der Waals surface area contributed by atoms with E-state index in [-0.39, 0.29) is 0 Å². The number of hydrogen-bond donors (Lipinski definition) is 0. The van der Waals surface area contributed by atoms with Gasteiger partial charge >= 0.3 is 0 Å². The molecule has 0 saturated carbocycles. The van der Waals surface area contributed by atoms with Gasteiger partial charge in [0.25, 0.3) is 0 Å². The van der Waals surface area contributed by atoms with E-state index in [1.165, 1.54) is 88.1 Å². The van der Waals surface area contributed by atoms with E-state index in [0.717, 1.165) is 11.4 Å². The van der Waals surface area contributed by atoms with Crippen molar-refractivity contribution in [3.8, 4) is 55.9 Å². The summed E-state index contributed by atoms with van der Waals surface area (Å²) in [7, 11) is 0. The van der Waals surface area contributed by atoms with E-state index < -0.39 is 0 Å². The highest BCUT2D eigenvalue weighted by Crippen LogP contribution is 2.39. The molecular formula is C54H36N2. The predicted octanol–water partition coefficient (Wildman–Crippen LogP) is 14.5. The Morgan fingerprint density at radius 3 is 1.23 bits per heavy atom. The molecule has 9 aromatic carbocycles. The third kappa shape index (κ3) is 5.34. The van der Waals surface area contributed by atoms with Crippen molar-refractivity contribution in [3.63, 3.8) is 0 Å². The molecule has 0 fully saturated rings. The van der Waals surface area contributed by atoms with Crippen LogP contribution in [0.5, 0.6) is 0 Å². The molecule has 0 saturated heterocycles. The summed E-state index contributed by atoms with van der Waals surface area (Å²) in [6, 6.07) is 79.4. The Morgan fingerprint density at radius 1 is 0.196 bits per heavy atom. The number of fused-ring (bicyclic) bond motifs is 6. The van der Waals surface area contributed by atoms with Crippen LogP contribution in [0.15, 0.2) is 218 Å². The van der Waals surface area contributed by atoms with Gasteiger partial charge in [-0.25, -0.2) is 0 Å². The fraction of sp³-hybridized carbons (Fsp3) is 0. The molecule has 2 heteroatoms. The Bertz CT molecular complexity index is 3240. The summed E-state index contributed by atoms with van der Waals surface area (Å²) in [5, 5.41) is 4.99. The molecule has 0 bridgehead atoms. The van der Waals surface area contributed by atoms with Crippen molar-refractivity contribution < 1.29 is 0 Å². The molecule has 0 atom stereocenters. The molecule has 0 aliphatic carbocycles. The van der Waals surface area contributed by atoms with Gasteiger partial charge in [0.15, 0.2) is 0 Å². The number of rotatable bonds is 6. The lowest BCUT2D eigenvalue weighted by Gasteiger charge is -2.12. The van der Waals surface area contributed by atoms with E-state index in [9.17, 15) is 0 Å². The monoisotopic (exact) mass is 712 g/mol. The minimum Gasteiger partial charge on any atom is -0.309 e. The highest BCUT2D eigenvalue weighted by atomic mass is 15.0. The van der Waals surface area contributed by atoms with Gasteiger partial charge in [-0.2, -0.15) is 0 Å². The topological polar surface area (TPSA) is 9.86 Å². The Balaban J connectivity index is 1.05. The lowest BCUT2D eigenvalue weighted by Crippen LogP contribution is -1.95. The van der Waals surface area contributed by atoms with E-state index in [4.69, 9.17) is 0 Å². The van der Waals surface area contributed by atoms with Crippen LogP contribution < -0.4 is 0 Å². The highest BCUT2D eigenvalue weighted by molar-refractivity contribution is 6.12. The molecule has 2 nitrogen and oxygen atoms in total. The second-order valence-electron chi connectivity index (χ2n) is 14.6. The summed E-state index contributed by atoms with van der Waals surface area (Å²) in [6.45, 7) is 0. The van der Waals surface area contributed by atoms with E-state index in [2.05, 4.69) is 228 Å². The molecule has 2 heterocycles. The van der Waals surface area contributed by atoms with E-state index in [1.54, 1.807) is 0 Å². The van der Waals surface area contributed by atoms with Crippen LogP contribution in [0, 0.1) is 0 Å². The predicted molar refractivity (Wildman–Crippen MR) is 237 cm³/mol. The molecule has 11 aromatic rings. The van der Waals surface area contributed by atoms with Crippen molar-refractivity contribution in [2.24, 2.45) is 0 Å². The number of nitrogens with zero attached hydrogens (tertiary/aromatic N) is 2. The number of hydrogen-bond acceptors (Lipinski definition) is 0. The van der Waals surface area contributed by atoms with Gasteiger partial charge in [-0.15, -0.1) is 0 Å². The molecule has 2 aromatic heterocycles. The molecule has 0 N–H and O–H groups in total. The first-order chi connectivity index (χ1) is 27.8.